The van der Waals surface area contributed by atoms with E-state index in [2.05, 4.69) is 17.1 Å². The lowest BCUT2D eigenvalue weighted by atomic mass is 10.1. The minimum Gasteiger partial charge on any atom is -0.393 e. The van der Waals surface area contributed by atoms with Gasteiger partial charge in [-0.3, -0.25) is 0 Å². The van der Waals surface area contributed by atoms with Crippen LogP contribution in [0, 0.1) is 0 Å². The maximum atomic E-state index is 9.68. The van der Waals surface area contributed by atoms with E-state index in [9.17, 15) is 5.11 Å². The monoisotopic (exact) mass is 214 g/mol. The van der Waals surface area contributed by atoms with Crippen LogP contribution in [0.25, 0.3) is 0 Å². The first-order valence-corrected chi connectivity index (χ1v) is 6.44. The highest BCUT2D eigenvalue weighted by molar-refractivity contribution is 4.68. The van der Waals surface area contributed by atoms with Crippen LogP contribution in [0.5, 0.6) is 0 Å². The van der Waals surface area contributed by atoms with Gasteiger partial charge in [-0.25, -0.2) is 0 Å². The molecule has 1 aliphatic rings. The third-order valence-electron chi connectivity index (χ3n) is 3.11. The zero-order valence-electron chi connectivity index (χ0n) is 10.0. The summed E-state index contributed by atoms with van der Waals surface area (Å²) < 4.78 is 0. The van der Waals surface area contributed by atoms with E-state index >= 15 is 0 Å². The van der Waals surface area contributed by atoms with Crippen molar-refractivity contribution >= 4 is 0 Å². The fourth-order valence-corrected chi connectivity index (χ4v) is 2.07. The van der Waals surface area contributed by atoms with E-state index in [1.807, 2.05) is 0 Å². The number of hydrogen-bond acceptors (Lipinski definition) is 3. The Hall–Kier alpha value is -0.120. The van der Waals surface area contributed by atoms with Gasteiger partial charge >= 0.3 is 0 Å². The largest absolute Gasteiger partial charge is 0.393 e. The molecular formula is C12H26N2O. The van der Waals surface area contributed by atoms with E-state index in [0.717, 1.165) is 45.3 Å². The molecule has 0 amide bonds. The Bertz CT molecular complexity index is 147. The third-order valence-corrected chi connectivity index (χ3v) is 3.11. The molecule has 0 radical (unpaired) electrons. The number of aliphatic hydroxyl groups excluding tert-OH is 1. The van der Waals surface area contributed by atoms with Crippen molar-refractivity contribution in [3.63, 3.8) is 0 Å². The van der Waals surface area contributed by atoms with Crippen LogP contribution in [0.4, 0.5) is 0 Å². The first-order valence-electron chi connectivity index (χ1n) is 6.44. The quantitative estimate of drug-likeness (QED) is 0.669. The van der Waals surface area contributed by atoms with E-state index in [0.29, 0.717) is 0 Å². The minimum atomic E-state index is -0.0622. The lowest BCUT2D eigenvalue weighted by Gasteiger charge is -2.27. The molecule has 1 rings (SSSR count). The number of aliphatic hydroxyl groups is 1. The zero-order chi connectivity index (χ0) is 10.9. The topological polar surface area (TPSA) is 35.5 Å². The van der Waals surface area contributed by atoms with Gasteiger partial charge in [0.15, 0.2) is 0 Å². The lowest BCUT2D eigenvalue weighted by molar-refractivity contribution is 0.139. The molecule has 3 nitrogen and oxygen atoms in total. The van der Waals surface area contributed by atoms with Crippen LogP contribution in [0.15, 0.2) is 0 Å². The standard InChI is InChI=1S/C12H26N2O/c1-2-3-5-12(15)6-4-9-14-10-7-13-8-11-14/h12-13,15H,2-11H2,1H3. The molecule has 0 bridgehead atoms. The molecule has 0 aromatic heterocycles. The van der Waals surface area contributed by atoms with Crippen molar-refractivity contribution in [3.8, 4) is 0 Å². The highest BCUT2D eigenvalue weighted by Crippen LogP contribution is 2.07. The average Bonchev–Trinajstić information content (AvgIpc) is 2.28. The maximum Gasteiger partial charge on any atom is 0.0540 e. The normalized spacial score (nSPS) is 20.4. The molecule has 90 valence electrons. The van der Waals surface area contributed by atoms with Crippen LogP contribution >= 0.6 is 0 Å². The van der Waals surface area contributed by atoms with Gasteiger partial charge in [-0.15, -0.1) is 0 Å². The van der Waals surface area contributed by atoms with Gasteiger partial charge in [-0.05, 0) is 25.8 Å². The Morgan fingerprint density at radius 1 is 1.20 bits per heavy atom. The fraction of sp³-hybridized carbons (Fsp3) is 1.00. The number of piperazine rings is 1. The lowest BCUT2D eigenvalue weighted by Crippen LogP contribution is -2.43. The summed E-state index contributed by atoms with van der Waals surface area (Å²) in [7, 11) is 0. The third kappa shape index (κ3) is 6.13. The van der Waals surface area contributed by atoms with Gasteiger partial charge in [-0.2, -0.15) is 0 Å². The SMILES string of the molecule is CCCCC(O)CCCN1CCNCC1. The van der Waals surface area contributed by atoms with Crippen LogP contribution in [0.2, 0.25) is 0 Å². The molecule has 1 unspecified atom stereocenters. The molecule has 0 spiro atoms. The number of nitrogens with zero attached hydrogens (tertiary/aromatic N) is 1. The molecule has 2 N–H and O–H groups in total. The van der Waals surface area contributed by atoms with Crippen LogP contribution < -0.4 is 5.32 Å². The van der Waals surface area contributed by atoms with Gasteiger partial charge < -0.3 is 15.3 Å². The summed E-state index contributed by atoms with van der Waals surface area (Å²) in [5, 5.41) is 13.0. The number of unbranched alkanes of at least 4 members (excludes halogenated alkanes) is 1. The van der Waals surface area contributed by atoms with Crippen LogP contribution in [0.3, 0.4) is 0 Å². The second kappa shape index (κ2) is 8.08. The van der Waals surface area contributed by atoms with Crippen molar-refractivity contribution in [2.24, 2.45) is 0 Å². The molecule has 1 saturated heterocycles. The smallest absolute Gasteiger partial charge is 0.0540 e. The van der Waals surface area contributed by atoms with Crippen LogP contribution in [-0.2, 0) is 0 Å². The summed E-state index contributed by atoms with van der Waals surface area (Å²) in [5.41, 5.74) is 0. The minimum absolute atomic E-state index is 0.0622. The summed E-state index contributed by atoms with van der Waals surface area (Å²) in [5.74, 6) is 0. The van der Waals surface area contributed by atoms with Gasteiger partial charge in [0, 0.05) is 26.2 Å². The van der Waals surface area contributed by atoms with E-state index in [1.165, 1.54) is 19.5 Å². The van der Waals surface area contributed by atoms with E-state index in [-0.39, 0.29) is 6.10 Å². The molecular weight excluding hydrogens is 188 g/mol. The summed E-state index contributed by atoms with van der Waals surface area (Å²) >= 11 is 0. The van der Waals surface area contributed by atoms with Crippen LogP contribution in [-0.4, -0.2) is 48.8 Å². The fourth-order valence-electron chi connectivity index (χ4n) is 2.07. The number of nitrogens with one attached hydrogen (secondary N) is 1. The summed E-state index contributed by atoms with van der Waals surface area (Å²) in [4.78, 5) is 2.49. The van der Waals surface area contributed by atoms with Gasteiger partial charge in [0.05, 0.1) is 6.10 Å². The molecule has 0 saturated carbocycles. The van der Waals surface area contributed by atoms with E-state index in [1.54, 1.807) is 0 Å². The molecule has 0 aromatic rings. The Kier molecular flexibility index (Phi) is 6.98. The molecule has 1 heterocycles. The second-order valence-corrected chi connectivity index (χ2v) is 4.53. The highest BCUT2D eigenvalue weighted by atomic mass is 16.3. The Balaban J connectivity index is 1.94. The summed E-state index contributed by atoms with van der Waals surface area (Å²) in [6.45, 7) is 7.92. The zero-order valence-corrected chi connectivity index (χ0v) is 10.0. The first kappa shape index (κ1) is 12.9. The maximum absolute atomic E-state index is 9.68. The highest BCUT2D eigenvalue weighted by Gasteiger charge is 2.09. The van der Waals surface area contributed by atoms with Crippen molar-refractivity contribution in [2.75, 3.05) is 32.7 Å². The Morgan fingerprint density at radius 3 is 2.53 bits per heavy atom. The summed E-state index contributed by atoms with van der Waals surface area (Å²) in [6, 6.07) is 0. The molecule has 0 aliphatic carbocycles. The second-order valence-electron chi connectivity index (χ2n) is 4.53. The van der Waals surface area contributed by atoms with Crippen molar-refractivity contribution in [3.05, 3.63) is 0 Å². The van der Waals surface area contributed by atoms with Crippen molar-refractivity contribution in [1.82, 2.24) is 10.2 Å². The molecule has 15 heavy (non-hydrogen) atoms. The van der Waals surface area contributed by atoms with Crippen molar-refractivity contribution in [2.45, 2.75) is 45.1 Å². The number of hydrogen-bond donors (Lipinski definition) is 2. The molecule has 0 aromatic carbocycles. The molecule has 1 aliphatic heterocycles. The van der Waals surface area contributed by atoms with E-state index in [4.69, 9.17) is 0 Å². The van der Waals surface area contributed by atoms with Crippen molar-refractivity contribution in [1.29, 1.82) is 0 Å². The molecule has 1 fully saturated rings. The van der Waals surface area contributed by atoms with Crippen molar-refractivity contribution < 1.29 is 5.11 Å². The van der Waals surface area contributed by atoms with Crippen LogP contribution in [0.1, 0.15) is 39.0 Å². The predicted octanol–water partition coefficient (Wildman–Crippen LogP) is 1.22. The number of rotatable bonds is 7. The van der Waals surface area contributed by atoms with Gasteiger partial charge in [0.25, 0.3) is 0 Å². The first-order chi connectivity index (χ1) is 7.33. The van der Waals surface area contributed by atoms with E-state index < -0.39 is 0 Å². The van der Waals surface area contributed by atoms with Gasteiger partial charge in [-0.1, -0.05) is 19.8 Å². The Morgan fingerprint density at radius 2 is 1.87 bits per heavy atom. The van der Waals surface area contributed by atoms with Gasteiger partial charge in [0.2, 0.25) is 0 Å². The molecule has 1 atom stereocenters. The molecule has 3 heteroatoms. The van der Waals surface area contributed by atoms with Gasteiger partial charge in [0.1, 0.15) is 0 Å². The average molecular weight is 214 g/mol. The summed E-state index contributed by atoms with van der Waals surface area (Å²) in [6.07, 6.45) is 5.39. The predicted molar refractivity (Wildman–Crippen MR) is 64.1 cm³/mol. The Labute approximate surface area is 93.9 Å².